The van der Waals surface area contributed by atoms with Crippen molar-refractivity contribution in [3.63, 3.8) is 0 Å². The second-order valence-corrected chi connectivity index (χ2v) is 5.68. The van der Waals surface area contributed by atoms with Crippen LogP contribution in [0, 0.1) is 5.92 Å². The Balaban J connectivity index is 1.66. The molecule has 0 aromatic heterocycles. The Hall–Kier alpha value is -0.340. The molecule has 2 nitrogen and oxygen atoms in total. The average Bonchev–Trinajstić information content (AvgIpc) is 2.73. The minimum atomic E-state index is 0.958. The van der Waals surface area contributed by atoms with Crippen molar-refractivity contribution in [2.45, 2.75) is 32.6 Å². The highest BCUT2D eigenvalue weighted by atomic mass is 15.2. The quantitative estimate of drug-likeness (QED) is 0.674. The molecule has 0 aromatic rings. The van der Waals surface area contributed by atoms with Gasteiger partial charge < -0.3 is 4.90 Å². The summed E-state index contributed by atoms with van der Waals surface area (Å²) in [6.07, 6.45) is 5.64. The summed E-state index contributed by atoms with van der Waals surface area (Å²) in [5, 5.41) is 0. The van der Waals surface area contributed by atoms with Crippen molar-refractivity contribution >= 4 is 0 Å². The van der Waals surface area contributed by atoms with Crippen molar-refractivity contribution in [3.8, 4) is 0 Å². The van der Waals surface area contributed by atoms with Crippen LogP contribution in [0.25, 0.3) is 0 Å². The highest BCUT2D eigenvalue weighted by molar-refractivity contribution is 4.93. The molecule has 2 saturated heterocycles. The zero-order chi connectivity index (χ0) is 11.4. The molecular weight excluding hydrogens is 196 g/mol. The van der Waals surface area contributed by atoms with E-state index in [9.17, 15) is 0 Å². The van der Waals surface area contributed by atoms with E-state index in [1.807, 2.05) is 0 Å². The molecule has 2 aliphatic heterocycles. The van der Waals surface area contributed by atoms with Gasteiger partial charge in [-0.05, 0) is 64.7 Å². The molecule has 0 N–H and O–H groups in total. The largest absolute Gasteiger partial charge is 0.303 e. The third-order valence-corrected chi connectivity index (χ3v) is 3.92. The fourth-order valence-corrected chi connectivity index (χ4v) is 3.04. The third-order valence-electron chi connectivity index (χ3n) is 3.92. The Morgan fingerprint density at radius 3 is 2.25 bits per heavy atom. The molecule has 0 aliphatic carbocycles. The van der Waals surface area contributed by atoms with Gasteiger partial charge in [0.2, 0.25) is 0 Å². The fourth-order valence-electron chi connectivity index (χ4n) is 3.04. The number of hydrogen-bond acceptors (Lipinski definition) is 2. The molecule has 2 fully saturated rings. The van der Waals surface area contributed by atoms with Crippen LogP contribution >= 0.6 is 0 Å². The molecule has 0 saturated carbocycles. The summed E-state index contributed by atoms with van der Waals surface area (Å²) in [5.41, 5.74) is 1.30. The molecule has 0 amide bonds. The predicted octanol–water partition coefficient (Wildman–Crippen LogP) is 2.37. The van der Waals surface area contributed by atoms with Gasteiger partial charge in [-0.25, -0.2) is 0 Å². The van der Waals surface area contributed by atoms with Crippen LogP contribution in [0.15, 0.2) is 12.2 Å². The van der Waals surface area contributed by atoms with Gasteiger partial charge in [0, 0.05) is 13.1 Å². The number of nitrogens with zero attached hydrogens (tertiary/aromatic N) is 2. The van der Waals surface area contributed by atoms with Crippen LogP contribution < -0.4 is 0 Å². The Morgan fingerprint density at radius 2 is 1.69 bits per heavy atom. The second-order valence-electron chi connectivity index (χ2n) is 5.68. The first kappa shape index (κ1) is 12.1. The van der Waals surface area contributed by atoms with Crippen LogP contribution in [0.5, 0.6) is 0 Å². The summed E-state index contributed by atoms with van der Waals surface area (Å²) in [7, 11) is 0. The average molecular weight is 222 g/mol. The summed E-state index contributed by atoms with van der Waals surface area (Å²) < 4.78 is 0. The van der Waals surface area contributed by atoms with E-state index in [2.05, 4.69) is 23.3 Å². The van der Waals surface area contributed by atoms with Crippen molar-refractivity contribution in [3.05, 3.63) is 12.2 Å². The Labute approximate surface area is 100 Å². The first-order valence-corrected chi connectivity index (χ1v) is 6.83. The van der Waals surface area contributed by atoms with Gasteiger partial charge in [-0.2, -0.15) is 0 Å². The number of hydrogen-bond donors (Lipinski definition) is 0. The van der Waals surface area contributed by atoms with E-state index in [0.29, 0.717) is 0 Å². The molecule has 2 heterocycles. The van der Waals surface area contributed by atoms with E-state index >= 15 is 0 Å². The second kappa shape index (κ2) is 5.83. The van der Waals surface area contributed by atoms with Crippen molar-refractivity contribution < 1.29 is 0 Å². The molecule has 2 aliphatic rings. The Bertz CT molecular complexity index is 223. The fraction of sp³-hybridized carbons (Fsp3) is 0.857. The summed E-state index contributed by atoms with van der Waals surface area (Å²) in [6.45, 7) is 13.9. The zero-order valence-corrected chi connectivity index (χ0v) is 10.7. The highest BCUT2D eigenvalue weighted by Gasteiger charge is 2.22. The summed E-state index contributed by atoms with van der Waals surface area (Å²) >= 11 is 0. The maximum Gasteiger partial charge on any atom is 0.0187 e. The number of piperidine rings is 1. The van der Waals surface area contributed by atoms with E-state index < -0.39 is 0 Å². The molecule has 0 bridgehead atoms. The van der Waals surface area contributed by atoms with Gasteiger partial charge >= 0.3 is 0 Å². The molecule has 0 spiro atoms. The normalized spacial score (nSPS) is 25.1. The topological polar surface area (TPSA) is 6.48 Å². The van der Waals surface area contributed by atoms with Gasteiger partial charge in [-0.15, -0.1) is 0 Å². The lowest BCUT2D eigenvalue weighted by Crippen LogP contribution is -2.38. The molecule has 0 radical (unpaired) electrons. The van der Waals surface area contributed by atoms with Crippen molar-refractivity contribution in [2.75, 3.05) is 39.3 Å². The van der Waals surface area contributed by atoms with E-state index in [-0.39, 0.29) is 0 Å². The van der Waals surface area contributed by atoms with Gasteiger partial charge in [-0.1, -0.05) is 12.2 Å². The SMILES string of the molecule is C=C(C)CN1CCC(CN2CCCC2)CC1. The molecule has 0 atom stereocenters. The summed E-state index contributed by atoms with van der Waals surface area (Å²) in [5.74, 6) is 0.958. The van der Waals surface area contributed by atoms with Crippen LogP contribution in [-0.2, 0) is 0 Å². The molecule has 2 rings (SSSR count). The summed E-state index contributed by atoms with van der Waals surface area (Å²) in [6, 6.07) is 0. The van der Waals surface area contributed by atoms with Gasteiger partial charge in [-0.3, -0.25) is 4.90 Å². The third kappa shape index (κ3) is 3.60. The van der Waals surface area contributed by atoms with E-state index in [1.54, 1.807) is 0 Å². The molecule has 16 heavy (non-hydrogen) atoms. The number of likely N-dealkylation sites (tertiary alicyclic amines) is 2. The van der Waals surface area contributed by atoms with E-state index in [4.69, 9.17) is 0 Å². The maximum atomic E-state index is 4.00. The van der Waals surface area contributed by atoms with E-state index in [1.165, 1.54) is 64.0 Å². The number of rotatable bonds is 4. The molecule has 92 valence electrons. The Morgan fingerprint density at radius 1 is 1.06 bits per heavy atom. The standard InChI is InChI=1S/C14H26N2/c1-13(2)11-16-9-5-14(6-10-16)12-15-7-3-4-8-15/h14H,1,3-12H2,2H3. The van der Waals surface area contributed by atoms with Gasteiger partial charge in [0.05, 0.1) is 0 Å². The lowest BCUT2D eigenvalue weighted by atomic mass is 9.96. The van der Waals surface area contributed by atoms with E-state index in [0.717, 1.165) is 12.5 Å². The zero-order valence-electron chi connectivity index (χ0n) is 10.7. The monoisotopic (exact) mass is 222 g/mol. The summed E-state index contributed by atoms with van der Waals surface area (Å²) in [4.78, 5) is 5.22. The van der Waals surface area contributed by atoms with Crippen LogP contribution in [0.2, 0.25) is 0 Å². The van der Waals surface area contributed by atoms with Gasteiger partial charge in [0.25, 0.3) is 0 Å². The van der Waals surface area contributed by atoms with Crippen LogP contribution in [0.4, 0.5) is 0 Å². The van der Waals surface area contributed by atoms with Crippen LogP contribution in [0.3, 0.4) is 0 Å². The highest BCUT2D eigenvalue weighted by Crippen LogP contribution is 2.20. The van der Waals surface area contributed by atoms with Crippen LogP contribution in [0.1, 0.15) is 32.6 Å². The van der Waals surface area contributed by atoms with Crippen molar-refractivity contribution in [2.24, 2.45) is 5.92 Å². The maximum absolute atomic E-state index is 4.00. The lowest BCUT2D eigenvalue weighted by molar-refractivity contribution is 0.162. The molecular formula is C14H26N2. The first-order valence-electron chi connectivity index (χ1n) is 6.83. The molecule has 2 heteroatoms. The van der Waals surface area contributed by atoms with Crippen molar-refractivity contribution in [1.29, 1.82) is 0 Å². The minimum absolute atomic E-state index is 0.958. The van der Waals surface area contributed by atoms with Crippen LogP contribution in [-0.4, -0.2) is 49.1 Å². The molecule has 0 aromatic carbocycles. The van der Waals surface area contributed by atoms with Crippen molar-refractivity contribution in [1.82, 2.24) is 9.80 Å². The van der Waals surface area contributed by atoms with Gasteiger partial charge in [0.15, 0.2) is 0 Å². The lowest BCUT2D eigenvalue weighted by Gasteiger charge is -2.33. The molecule has 0 unspecified atom stereocenters. The Kier molecular flexibility index (Phi) is 4.42. The smallest absolute Gasteiger partial charge is 0.0187 e. The first-order chi connectivity index (χ1) is 7.74. The van der Waals surface area contributed by atoms with Gasteiger partial charge in [0.1, 0.15) is 0 Å². The predicted molar refractivity (Wildman–Crippen MR) is 69.7 cm³/mol. The minimum Gasteiger partial charge on any atom is -0.303 e.